The molecule has 0 saturated carbocycles. The molecule has 0 unspecified atom stereocenters. The quantitative estimate of drug-likeness (QED) is 0.690. The maximum atomic E-state index is 5.44. The first-order valence-corrected chi connectivity index (χ1v) is 5.86. The van der Waals surface area contributed by atoms with Gasteiger partial charge in [0.05, 0.1) is 6.61 Å². The van der Waals surface area contributed by atoms with Crippen LogP contribution in [0.5, 0.6) is 6.01 Å². The minimum Gasteiger partial charge on any atom is -0.464 e. The molecule has 0 aliphatic carbocycles. The van der Waals surface area contributed by atoms with Crippen LogP contribution >= 0.6 is 0 Å². The Bertz CT molecular complexity index is 640. The molecule has 3 rings (SSSR count). The summed E-state index contributed by atoms with van der Waals surface area (Å²) in [6.45, 7) is 6.59. The van der Waals surface area contributed by atoms with Crippen LogP contribution in [0.25, 0.3) is 17.8 Å². The fraction of sp³-hybridized carbons (Fsp3) is 0.143. The first kappa shape index (κ1) is 10.8. The van der Waals surface area contributed by atoms with Crippen molar-refractivity contribution in [3.63, 3.8) is 0 Å². The van der Waals surface area contributed by atoms with Gasteiger partial charge in [0.1, 0.15) is 0 Å². The molecule has 0 saturated heterocycles. The normalized spacial score (nSPS) is 12.8. The van der Waals surface area contributed by atoms with E-state index in [0.717, 1.165) is 22.5 Å². The van der Waals surface area contributed by atoms with Gasteiger partial charge in [0.15, 0.2) is 5.82 Å². The maximum absolute atomic E-state index is 5.44. The summed E-state index contributed by atoms with van der Waals surface area (Å²) in [6, 6.07) is 8.58. The number of hydrogen-bond donors (Lipinski definition) is 0. The van der Waals surface area contributed by atoms with E-state index in [1.54, 1.807) is 0 Å². The van der Waals surface area contributed by atoms with Gasteiger partial charge < -0.3 is 4.74 Å². The van der Waals surface area contributed by atoms with Crippen LogP contribution in [0.15, 0.2) is 30.8 Å². The van der Waals surface area contributed by atoms with Crippen molar-refractivity contribution >= 4 is 17.8 Å². The van der Waals surface area contributed by atoms with Gasteiger partial charge in [0, 0.05) is 11.8 Å². The molecule has 0 fully saturated rings. The molecule has 0 radical (unpaired) electrons. The van der Waals surface area contributed by atoms with Gasteiger partial charge in [0.2, 0.25) is 0 Å². The van der Waals surface area contributed by atoms with Crippen LogP contribution in [-0.4, -0.2) is 21.4 Å². The number of hydrogen-bond acceptors (Lipinski definition) is 3. The summed E-state index contributed by atoms with van der Waals surface area (Å²) in [4.78, 5) is 0. The molecule has 0 bridgehead atoms. The highest BCUT2D eigenvalue weighted by Crippen LogP contribution is 2.30. The highest BCUT2D eigenvalue weighted by atomic mass is 16.5. The lowest BCUT2D eigenvalue weighted by Gasteiger charge is -2.05. The molecule has 4 heteroatoms. The molecule has 1 aromatic heterocycles. The van der Waals surface area contributed by atoms with Gasteiger partial charge in [-0.05, 0) is 24.1 Å². The Morgan fingerprint density at radius 2 is 2.11 bits per heavy atom. The van der Waals surface area contributed by atoms with Gasteiger partial charge in [-0.2, -0.15) is 0 Å². The molecule has 4 nitrogen and oxygen atoms in total. The number of nitrogens with zero attached hydrogens (tertiary/aromatic N) is 3. The predicted octanol–water partition coefficient (Wildman–Crippen LogP) is 2.68. The van der Waals surface area contributed by atoms with Crippen LogP contribution in [0.1, 0.15) is 23.9 Å². The van der Waals surface area contributed by atoms with Gasteiger partial charge in [-0.15, -0.1) is 5.10 Å². The highest BCUT2D eigenvalue weighted by Gasteiger charge is 2.18. The molecular weight excluding hydrogens is 226 g/mol. The lowest BCUT2D eigenvalue weighted by atomic mass is 10.0. The molecular formula is C14H13N3O. The van der Waals surface area contributed by atoms with E-state index < -0.39 is 0 Å². The minimum absolute atomic E-state index is 0.498. The van der Waals surface area contributed by atoms with Crippen LogP contribution in [-0.2, 0) is 0 Å². The summed E-state index contributed by atoms with van der Waals surface area (Å²) in [5, 5.41) is 8.18. The Balaban J connectivity index is 2.17. The molecule has 0 atom stereocenters. The maximum Gasteiger partial charge on any atom is 0.321 e. The van der Waals surface area contributed by atoms with E-state index >= 15 is 0 Å². The third-order valence-corrected chi connectivity index (χ3v) is 2.90. The fourth-order valence-electron chi connectivity index (χ4n) is 2.04. The van der Waals surface area contributed by atoms with Gasteiger partial charge in [-0.3, -0.25) is 4.57 Å². The zero-order valence-electron chi connectivity index (χ0n) is 10.1. The summed E-state index contributed by atoms with van der Waals surface area (Å²) in [5.41, 5.74) is 3.05. The van der Waals surface area contributed by atoms with E-state index in [1.165, 1.54) is 0 Å². The molecule has 0 N–H and O–H groups in total. The van der Waals surface area contributed by atoms with Crippen LogP contribution < -0.4 is 4.74 Å². The molecule has 18 heavy (non-hydrogen) atoms. The van der Waals surface area contributed by atoms with Gasteiger partial charge in [-0.25, -0.2) is 0 Å². The molecule has 0 amide bonds. The van der Waals surface area contributed by atoms with Crippen molar-refractivity contribution in [1.29, 1.82) is 0 Å². The number of fused-ring (bicyclic) bond motifs is 2. The predicted molar refractivity (Wildman–Crippen MR) is 71.0 cm³/mol. The summed E-state index contributed by atoms with van der Waals surface area (Å²) in [5.74, 6) is 0.722. The van der Waals surface area contributed by atoms with E-state index in [4.69, 9.17) is 4.74 Å². The smallest absolute Gasteiger partial charge is 0.321 e. The summed E-state index contributed by atoms with van der Waals surface area (Å²) < 4.78 is 7.27. The highest BCUT2D eigenvalue weighted by molar-refractivity contribution is 5.85. The first-order chi connectivity index (χ1) is 8.81. The van der Waals surface area contributed by atoms with Crippen molar-refractivity contribution in [2.75, 3.05) is 6.61 Å². The van der Waals surface area contributed by atoms with E-state index in [-0.39, 0.29) is 0 Å². The molecule has 0 spiro atoms. The van der Waals surface area contributed by atoms with Gasteiger partial charge in [0.25, 0.3) is 0 Å². The summed E-state index contributed by atoms with van der Waals surface area (Å²) in [6.07, 6.45) is 3.93. The largest absolute Gasteiger partial charge is 0.464 e. The van der Waals surface area contributed by atoms with Gasteiger partial charge >= 0.3 is 6.01 Å². The molecule has 1 aliphatic rings. The molecule has 90 valence electrons. The van der Waals surface area contributed by atoms with Crippen molar-refractivity contribution in [3.05, 3.63) is 47.8 Å². The Labute approximate surface area is 105 Å². The molecule has 2 heterocycles. The van der Waals surface area contributed by atoms with Crippen molar-refractivity contribution < 1.29 is 4.74 Å². The molecule has 2 aromatic rings. The molecule has 1 aliphatic heterocycles. The zero-order valence-corrected chi connectivity index (χ0v) is 10.1. The number of ether oxygens (including phenoxy) is 1. The third-order valence-electron chi connectivity index (χ3n) is 2.90. The Kier molecular flexibility index (Phi) is 2.48. The van der Waals surface area contributed by atoms with Crippen molar-refractivity contribution in [2.45, 2.75) is 6.92 Å². The minimum atomic E-state index is 0.498. The van der Waals surface area contributed by atoms with Crippen molar-refractivity contribution in [1.82, 2.24) is 14.8 Å². The first-order valence-electron chi connectivity index (χ1n) is 5.86. The van der Waals surface area contributed by atoms with Crippen molar-refractivity contribution in [3.8, 4) is 6.01 Å². The van der Waals surface area contributed by atoms with E-state index in [9.17, 15) is 0 Å². The number of benzene rings is 1. The SMILES string of the molecule is C=C1c2ccccc2C=Cn2c(OCC)nnc21. The second kappa shape index (κ2) is 4.14. The summed E-state index contributed by atoms with van der Waals surface area (Å²) >= 11 is 0. The Morgan fingerprint density at radius 1 is 1.28 bits per heavy atom. The monoisotopic (exact) mass is 239 g/mol. The Morgan fingerprint density at radius 3 is 2.94 bits per heavy atom. The van der Waals surface area contributed by atoms with E-state index in [1.807, 2.05) is 42.0 Å². The average molecular weight is 239 g/mol. The second-order valence-corrected chi connectivity index (χ2v) is 3.99. The lowest BCUT2D eigenvalue weighted by Crippen LogP contribution is -2.00. The van der Waals surface area contributed by atoms with Crippen LogP contribution in [0.2, 0.25) is 0 Å². The van der Waals surface area contributed by atoms with Gasteiger partial charge in [-0.1, -0.05) is 35.9 Å². The fourth-order valence-corrected chi connectivity index (χ4v) is 2.04. The van der Waals surface area contributed by atoms with E-state index in [0.29, 0.717) is 12.6 Å². The number of aromatic nitrogens is 3. The van der Waals surface area contributed by atoms with Crippen LogP contribution in [0, 0.1) is 0 Å². The average Bonchev–Trinajstić information content (AvgIpc) is 2.73. The van der Waals surface area contributed by atoms with Crippen LogP contribution in [0.3, 0.4) is 0 Å². The second-order valence-electron chi connectivity index (χ2n) is 3.99. The Hall–Kier alpha value is -2.36. The standard InChI is InChI=1S/C14H13N3O/c1-3-18-14-16-15-13-10(2)12-7-5-4-6-11(12)8-9-17(13)14/h4-9H,2-3H2,1H3. The van der Waals surface area contributed by atoms with Crippen molar-refractivity contribution in [2.24, 2.45) is 0 Å². The lowest BCUT2D eigenvalue weighted by molar-refractivity contribution is 0.308. The van der Waals surface area contributed by atoms with E-state index in [2.05, 4.69) is 22.8 Å². The number of rotatable bonds is 2. The molecule has 1 aromatic carbocycles. The van der Waals surface area contributed by atoms with Crippen LogP contribution in [0.4, 0.5) is 0 Å². The zero-order chi connectivity index (χ0) is 12.5. The topological polar surface area (TPSA) is 39.9 Å². The summed E-state index contributed by atoms with van der Waals surface area (Å²) in [7, 11) is 0. The third kappa shape index (κ3) is 1.54.